The molecule has 0 bridgehead atoms. The van der Waals surface area contributed by atoms with Crippen LogP contribution in [0.5, 0.6) is 5.75 Å². The van der Waals surface area contributed by atoms with Crippen molar-refractivity contribution in [1.29, 1.82) is 0 Å². The van der Waals surface area contributed by atoms with Gasteiger partial charge < -0.3 is 52.5 Å². The average molecular weight is 683 g/mol. The zero-order valence-electron chi connectivity index (χ0n) is 26.9. The predicted molar refractivity (Wildman–Crippen MR) is 154 cm³/mol. The molecule has 1 N–H and O–H groups in total. The first-order valence-electron chi connectivity index (χ1n) is 15.0. The van der Waals surface area contributed by atoms with Gasteiger partial charge in [0, 0.05) is 33.6 Å². The number of aliphatic hydroxyl groups excluding tert-OH is 1. The molecule has 1 aromatic carbocycles. The van der Waals surface area contributed by atoms with Gasteiger partial charge in [0.05, 0.1) is 25.2 Å². The number of fused-ring (bicyclic) bond motifs is 1. The van der Waals surface area contributed by atoms with E-state index in [9.17, 15) is 33.9 Å². The van der Waals surface area contributed by atoms with Crippen LogP contribution in [0.1, 0.15) is 44.5 Å². The van der Waals surface area contributed by atoms with E-state index in [4.69, 9.17) is 47.4 Å². The van der Waals surface area contributed by atoms with Gasteiger partial charge in [-0.05, 0) is 30.7 Å². The molecule has 17 heteroatoms. The highest BCUT2D eigenvalue weighted by Gasteiger charge is 2.56. The van der Waals surface area contributed by atoms with Crippen LogP contribution in [0, 0.1) is 11.8 Å². The molecule has 0 spiro atoms. The van der Waals surface area contributed by atoms with Crippen molar-refractivity contribution in [3.8, 4) is 5.75 Å². The Labute approximate surface area is 274 Å². The molecule has 3 saturated heterocycles. The van der Waals surface area contributed by atoms with E-state index in [1.54, 1.807) is 12.1 Å². The molecule has 1 aromatic rings. The summed E-state index contributed by atoms with van der Waals surface area (Å²) in [6.45, 7) is 3.20. The van der Waals surface area contributed by atoms with Crippen LogP contribution in [0.25, 0.3) is 0 Å². The second-order valence-electron chi connectivity index (χ2n) is 11.2. The highest BCUT2D eigenvalue weighted by Crippen LogP contribution is 2.39. The van der Waals surface area contributed by atoms with Gasteiger partial charge in [-0.25, -0.2) is 4.79 Å². The van der Waals surface area contributed by atoms with Crippen molar-refractivity contribution in [2.45, 2.75) is 83.5 Å². The molecule has 0 saturated carbocycles. The minimum absolute atomic E-state index is 0.0479. The number of ketones is 1. The second kappa shape index (κ2) is 16.3. The van der Waals surface area contributed by atoms with Crippen LogP contribution < -0.4 is 4.74 Å². The lowest BCUT2D eigenvalue weighted by molar-refractivity contribution is -0.352. The Bertz CT molecular complexity index is 1340. The topological polar surface area (TPSA) is 215 Å². The summed E-state index contributed by atoms with van der Waals surface area (Å²) in [6, 6.07) is 6.03. The van der Waals surface area contributed by atoms with Gasteiger partial charge in [-0.15, -0.1) is 0 Å². The number of carbonyl (C=O) groups excluding carboxylic acids is 6. The first kappa shape index (κ1) is 36.7. The smallest absolute Gasteiger partial charge is 0.338 e. The summed E-state index contributed by atoms with van der Waals surface area (Å²) in [5, 5.41) is 10.8. The fourth-order valence-corrected chi connectivity index (χ4v) is 5.75. The van der Waals surface area contributed by atoms with Gasteiger partial charge in [0.25, 0.3) is 0 Å². The van der Waals surface area contributed by atoms with Gasteiger partial charge in [-0.2, -0.15) is 0 Å². The van der Waals surface area contributed by atoms with E-state index < -0.39 is 110 Å². The van der Waals surface area contributed by atoms with E-state index in [2.05, 4.69) is 0 Å². The van der Waals surface area contributed by atoms with Gasteiger partial charge in [0.15, 0.2) is 42.8 Å². The van der Waals surface area contributed by atoms with Crippen molar-refractivity contribution in [2.24, 2.45) is 11.8 Å². The molecule has 0 aromatic heterocycles. The minimum Gasteiger partial charge on any atom is -0.497 e. The maximum absolute atomic E-state index is 13.4. The molecule has 0 aliphatic carbocycles. The number of carbonyl (C=O) groups is 6. The van der Waals surface area contributed by atoms with E-state index in [1.807, 2.05) is 0 Å². The van der Waals surface area contributed by atoms with Crippen LogP contribution in [0.15, 0.2) is 24.3 Å². The Morgan fingerprint density at radius 2 is 1.42 bits per heavy atom. The molecule has 4 rings (SSSR count). The summed E-state index contributed by atoms with van der Waals surface area (Å²) in [4.78, 5) is 74.6. The average Bonchev–Trinajstić information content (AvgIpc) is 3.14. The number of aliphatic hydroxyl groups is 1. The predicted octanol–water partition coefficient (Wildman–Crippen LogP) is 0.217. The zero-order valence-corrected chi connectivity index (χ0v) is 26.9. The quantitative estimate of drug-likeness (QED) is 0.258. The molecule has 3 aliphatic rings. The molecule has 264 valence electrons. The first-order chi connectivity index (χ1) is 22.8. The van der Waals surface area contributed by atoms with Gasteiger partial charge in [0.2, 0.25) is 6.29 Å². The van der Waals surface area contributed by atoms with Crippen molar-refractivity contribution < 1.29 is 81.2 Å². The molecule has 0 amide bonds. The Kier molecular flexibility index (Phi) is 12.4. The van der Waals surface area contributed by atoms with E-state index in [0.29, 0.717) is 5.75 Å². The third-order valence-corrected chi connectivity index (χ3v) is 7.74. The van der Waals surface area contributed by atoms with Crippen molar-refractivity contribution in [3.05, 3.63) is 29.8 Å². The minimum atomic E-state index is -1.68. The number of hydrogen-bond acceptors (Lipinski definition) is 17. The second-order valence-corrected chi connectivity index (χ2v) is 11.2. The Morgan fingerprint density at radius 1 is 0.792 bits per heavy atom. The number of methoxy groups -OCH3 is 1. The standard InChI is InChI=1S/C31H38O17/c1-14(32)41-13-22-25(43-15(2)33)26(44-16(3)34)27(45-17(4)35)31(46-22)48-30-23-20(10-11-40-30)24(29(38)42-12-21(23)36)47-28(37)18-6-8-19(39-5)9-7-18/h6-9,20,22-27,29-31,38H,10-13H2,1-5H3/t20-,22+,23+,24-,25+,26-,27+,29+,30-,31-/m0/s1. The lowest BCUT2D eigenvalue weighted by Crippen LogP contribution is -2.64. The number of benzene rings is 1. The van der Waals surface area contributed by atoms with E-state index in [0.717, 1.165) is 27.7 Å². The van der Waals surface area contributed by atoms with Gasteiger partial charge >= 0.3 is 29.8 Å². The van der Waals surface area contributed by atoms with Gasteiger partial charge in [0.1, 0.15) is 25.1 Å². The third-order valence-electron chi connectivity index (χ3n) is 7.74. The van der Waals surface area contributed by atoms with Crippen LogP contribution in [-0.4, -0.2) is 117 Å². The summed E-state index contributed by atoms with van der Waals surface area (Å²) in [7, 11) is 1.47. The lowest BCUT2D eigenvalue weighted by Gasteiger charge is -2.46. The molecule has 10 atom stereocenters. The number of rotatable bonds is 10. The maximum atomic E-state index is 13.4. The molecule has 3 fully saturated rings. The van der Waals surface area contributed by atoms with E-state index in [-0.39, 0.29) is 18.6 Å². The molecule has 17 nitrogen and oxygen atoms in total. The number of Topliss-reactive ketones (excluding diaryl/α,β-unsaturated/α-hetero) is 1. The number of hydrogen-bond donors (Lipinski definition) is 1. The van der Waals surface area contributed by atoms with Crippen LogP contribution in [-0.2, 0) is 66.6 Å². The zero-order chi connectivity index (χ0) is 35.1. The highest BCUT2D eigenvalue weighted by molar-refractivity contribution is 5.90. The summed E-state index contributed by atoms with van der Waals surface area (Å²) in [5.41, 5.74) is 0.146. The largest absolute Gasteiger partial charge is 0.497 e. The Balaban J connectivity index is 1.65. The third kappa shape index (κ3) is 9.04. The van der Waals surface area contributed by atoms with Crippen molar-refractivity contribution in [3.63, 3.8) is 0 Å². The normalized spacial score (nSPS) is 31.7. The molecular weight excluding hydrogens is 644 g/mol. The first-order valence-corrected chi connectivity index (χ1v) is 15.0. The van der Waals surface area contributed by atoms with Crippen LogP contribution in [0.3, 0.4) is 0 Å². The molecule has 3 aliphatic heterocycles. The van der Waals surface area contributed by atoms with Gasteiger partial charge in [-0.3, -0.25) is 24.0 Å². The monoisotopic (exact) mass is 682 g/mol. The van der Waals surface area contributed by atoms with Crippen LogP contribution in [0.4, 0.5) is 0 Å². The summed E-state index contributed by atoms with van der Waals surface area (Å²) in [5.74, 6) is -6.20. The van der Waals surface area contributed by atoms with Gasteiger partial charge in [-0.1, -0.05) is 0 Å². The Hall–Kier alpha value is -4.16. The van der Waals surface area contributed by atoms with Crippen molar-refractivity contribution in [1.82, 2.24) is 0 Å². The van der Waals surface area contributed by atoms with Crippen LogP contribution >= 0.6 is 0 Å². The van der Waals surface area contributed by atoms with Crippen LogP contribution in [0.2, 0.25) is 0 Å². The number of esters is 5. The Morgan fingerprint density at radius 3 is 2.02 bits per heavy atom. The SMILES string of the molecule is COc1ccc(C(=O)O[C@H]2[C@H]3CCO[C@@H](O[C@@H]4O[C@H](COC(C)=O)[C@@H](OC(C)=O)[C@H](OC(C)=O)[C@H]4OC(C)=O)[C@H]3C(=O)CO[C@H]2O)cc1. The molecule has 3 heterocycles. The number of ether oxygens (including phenoxy) is 10. The molecule has 48 heavy (non-hydrogen) atoms. The van der Waals surface area contributed by atoms with Crippen molar-refractivity contribution >= 4 is 35.6 Å². The summed E-state index contributed by atoms with van der Waals surface area (Å²) < 4.78 is 55.4. The fourth-order valence-electron chi connectivity index (χ4n) is 5.75. The highest BCUT2D eigenvalue weighted by atomic mass is 16.8. The van der Waals surface area contributed by atoms with E-state index in [1.165, 1.54) is 19.2 Å². The summed E-state index contributed by atoms with van der Waals surface area (Å²) in [6.07, 6.45) is -11.9. The van der Waals surface area contributed by atoms with Crippen molar-refractivity contribution in [2.75, 3.05) is 26.9 Å². The molecule has 0 radical (unpaired) electrons. The fraction of sp³-hybridized carbons (Fsp3) is 0.613. The maximum Gasteiger partial charge on any atom is 0.338 e. The lowest BCUT2D eigenvalue weighted by atomic mass is 9.80. The summed E-state index contributed by atoms with van der Waals surface area (Å²) >= 11 is 0. The van der Waals surface area contributed by atoms with E-state index >= 15 is 0 Å². The molecule has 0 unspecified atom stereocenters. The molecular formula is C31H38O17.